The van der Waals surface area contributed by atoms with Crippen molar-refractivity contribution in [1.82, 2.24) is 19.8 Å². The van der Waals surface area contributed by atoms with Crippen molar-refractivity contribution >= 4 is 5.91 Å². The van der Waals surface area contributed by atoms with Crippen LogP contribution in [0.3, 0.4) is 0 Å². The van der Waals surface area contributed by atoms with Gasteiger partial charge in [-0.05, 0) is 61.6 Å². The molecule has 2 saturated heterocycles. The van der Waals surface area contributed by atoms with Gasteiger partial charge in [0.25, 0.3) is 0 Å². The molecule has 1 amide bonds. The van der Waals surface area contributed by atoms with Gasteiger partial charge in [0.05, 0.1) is 5.69 Å². The second kappa shape index (κ2) is 8.39. The number of hydrogen-bond acceptors (Lipinski definition) is 4. The molecule has 5 nitrogen and oxygen atoms in total. The summed E-state index contributed by atoms with van der Waals surface area (Å²) in [5, 5.41) is 0. The predicted molar refractivity (Wildman–Crippen MR) is 109 cm³/mol. The fourth-order valence-corrected chi connectivity index (χ4v) is 4.72. The molecule has 2 aliphatic rings. The molecule has 4 rings (SSSR count). The molecule has 5 heteroatoms. The number of hydrogen-bond donors (Lipinski definition) is 0. The van der Waals surface area contributed by atoms with Crippen LogP contribution in [0.4, 0.5) is 0 Å². The Morgan fingerprint density at radius 3 is 2.64 bits per heavy atom. The van der Waals surface area contributed by atoms with E-state index in [-0.39, 0.29) is 11.3 Å². The van der Waals surface area contributed by atoms with Crippen molar-refractivity contribution in [3.63, 3.8) is 0 Å². The van der Waals surface area contributed by atoms with Gasteiger partial charge >= 0.3 is 0 Å². The van der Waals surface area contributed by atoms with Gasteiger partial charge in [-0.25, -0.2) is 0 Å². The van der Waals surface area contributed by atoms with E-state index in [1.165, 1.54) is 18.4 Å². The highest BCUT2D eigenvalue weighted by Gasteiger charge is 2.41. The Bertz CT molecular complexity index is 792. The second-order valence-electron chi connectivity index (χ2n) is 8.43. The molecular weight excluding hydrogens is 348 g/mol. The number of aryl methyl sites for hydroxylation is 1. The van der Waals surface area contributed by atoms with E-state index in [1.54, 1.807) is 12.4 Å². The first-order chi connectivity index (χ1) is 13.7. The van der Waals surface area contributed by atoms with E-state index in [2.05, 4.69) is 38.8 Å². The molecule has 0 bridgehead atoms. The first kappa shape index (κ1) is 19.1. The molecule has 0 saturated carbocycles. The molecule has 2 aromatic heterocycles. The largest absolute Gasteiger partial charge is 0.338 e. The van der Waals surface area contributed by atoms with E-state index < -0.39 is 0 Å². The molecule has 1 spiro atoms. The lowest BCUT2D eigenvalue weighted by molar-refractivity contribution is -0.140. The topological polar surface area (TPSA) is 49.3 Å². The number of piperidine rings is 2. The number of carbonyl (C=O) groups is 1. The normalized spacial score (nSPS) is 23.3. The van der Waals surface area contributed by atoms with Crippen molar-refractivity contribution in [3.05, 3.63) is 59.7 Å². The fraction of sp³-hybridized carbons (Fsp3) is 0.522. The highest BCUT2D eigenvalue weighted by molar-refractivity contribution is 5.77. The van der Waals surface area contributed by atoms with Crippen LogP contribution in [0.15, 0.2) is 42.9 Å². The highest BCUT2D eigenvalue weighted by atomic mass is 16.2. The summed E-state index contributed by atoms with van der Waals surface area (Å²) in [6.07, 6.45) is 10.7. The maximum atomic E-state index is 12.5. The second-order valence-corrected chi connectivity index (χ2v) is 8.43. The van der Waals surface area contributed by atoms with Crippen LogP contribution in [-0.2, 0) is 24.3 Å². The molecule has 0 aromatic carbocycles. The summed E-state index contributed by atoms with van der Waals surface area (Å²) in [6, 6.07) is 8.37. The number of carbonyl (C=O) groups excluding carboxylic acids is 1. The SMILES string of the molecule is CCc1ccc(CN2CCC[C@@]3(CCC(=O)N(Cc4ccncc4)C3)C2)nc1. The number of likely N-dealkylation sites (tertiary alicyclic amines) is 2. The van der Waals surface area contributed by atoms with Gasteiger partial charge in [-0.1, -0.05) is 13.0 Å². The van der Waals surface area contributed by atoms with E-state index in [1.807, 2.05) is 18.3 Å². The molecule has 1 atom stereocenters. The zero-order chi connectivity index (χ0) is 19.4. The van der Waals surface area contributed by atoms with Crippen molar-refractivity contribution in [1.29, 1.82) is 0 Å². The average molecular weight is 379 g/mol. The maximum absolute atomic E-state index is 12.5. The van der Waals surface area contributed by atoms with Gasteiger partial charge < -0.3 is 4.90 Å². The molecule has 2 aliphatic heterocycles. The van der Waals surface area contributed by atoms with Crippen molar-refractivity contribution in [2.24, 2.45) is 5.41 Å². The van der Waals surface area contributed by atoms with Crippen molar-refractivity contribution in [3.8, 4) is 0 Å². The molecule has 4 heterocycles. The summed E-state index contributed by atoms with van der Waals surface area (Å²) in [5.74, 6) is 0.288. The van der Waals surface area contributed by atoms with E-state index in [9.17, 15) is 4.79 Å². The highest BCUT2D eigenvalue weighted by Crippen LogP contribution is 2.39. The van der Waals surface area contributed by atoms with Crippen LogP contribution >= 0.6 is 0 Å². The lowest BCUT2D eigenvalue weighted by Gasteiger charge is -2.48. The van der Waals surface area contributed by atoms with E-state index in [0.717, 1.165) is 50.3 Å². The van der Waals surface area contributed by atoms with E-state index in [0.29, 0.717) is 13.0 Å². The third-order valence-corrected chi connectivity index (χ3v) is 6.29. The van der Waals surface area contributed by atoms with Gasteiger partial charge in [-0.15, -0.1) is 0 Å². The van der Waals surface area contributed by atoms with Gasteiger partial charge in [0.1, 0.15) is 0 Å². The molecule has 2 aromatic rings. The van der Waals surface area contributed by atoms with Crippen LogP contribution in [-0.4, -0.2) is 45.3 Å². The van der Waals surface area contributed by atoms with Gasteiger partial charge in [-0.3, -0.25) is 19.7 Å². The van der Waals surface area contributed by atoms with Crippen LogP contribution in [0.25, 0.3) is 0 Å². The number of aromatic nitrogens is 2. The Morgan fingerprint density at radius 1 is 1.04 bits per heavy atom. The standard InChI is InChI=1S/C23H30N4O/c1-2-19-4-5-21(25-14-19)16-26-13-3-9-23(17-26)10-6-22(28)27(18-23)15-20-7-11-24-12-8-20/h4-5,7-8,11-12,14H,2-3,6,9-10,13,15-18H2,1H3/t23-/m1/s1. The predicted octanol–water partition coefficient (Wildman–Crippen LogP) is 3.44. The Morgan fingerprint density at radius 2 is 1.89 bits per heavy atom. The van der Waals surface area contributed by atoms with Crippen molar-refractivity contribution in [2.75, 3.05) is 19.6 Å². The molecule has 28 heavy (non-hydrogen) atoms. The molecular formula is C23H30N4O. The van der Waals surface area contributed by atoms with Crippen molar-refractivity contribution in [2.45, 2.75) is 52.1 Å². The zero-order valence-electron chi connectivity index (χ0n) is 16.8. The van der Waals surface area contributed by atoms with Gasteiger partial charge in [0.15, 0.2) is 0 Å². The third kappa shape index (κ3) is 4.41. The third-order valence-electron chi connectivity index (χ3n) is 6.29. The summed E-state index contributed by atoms with van der Waals surface area (Å²) in [5.41, 5.74) is 3.82. The van der Waals surface area contributed by atoms with Gasteiger partial charge in [0.2, 0.25) is 5.91 Å². The number of nitrogens with zero attached hydrogens (tertiary/aromatic N) is 4. The fourth-order valence-electron chi connectivity index (χ4n) is 4.72. The molecule has 0 unspecified atom stereocenters. The Labute approximate surface area is 167 Å². The first-order valence-electron chi connectivity index (χ1n) is 10.5. The molecule has 0 aliphatic carbocycles. The molecule has 0 N–H and O–H groups in total. The summed E-state index contributed by atoms with van der Waals surface area (Å²) in [4.78, 5) is 25.9. The van der Waals surface area contributed by atoms with Gasteiger partial charge in [0, 0.05) is 56.6 Å². The average Bonchev–Trinajstić information content (AvgIpc) is 2.72. The van der Waals surface area contributed by atoms with Crippen LogP contribution < -0.4 is 0 Å². The molecule has 148 valence electrons. The summed E-state index contributed by atoms with van der Waals surface area (Å²) in [6.45, 7) is 6.81. The molecule has 2 fully saturated rings. The van der Waals surface area contributed by atoms with E-state index in [4.69, 9.17) is 0 Å². The van der Waals surface area contributed by atoms with Crippen LogP contribution in [0, 0.1) is 5.41 Å². The van der Waals surface area contributed by atoms with Gasteiger partial charge in [-0.2, -0.15) is 0 Å². The lowest BCUT2D eigenvalue weighted by Crippen LogP contribution is -2.53. The van der Waals surface area contributed by atoms with E-state index >= 15 is 0 Å². The Kier molecular flexibility index (Phi) is 5.72. The smallest absolute Gasteiger partial charge is 0.222 e. The minimum absolute atomic E-state index is 0.225. The summed E-state index contributed by atoms with van der Waals surface area (Å²) in [7, 11) is 0. The first-order valence-corrected chi connectivity index (χ1v) is 10.5. The zero-order valence-corrected chi connectivity index (χ0v) is 16.8. The minimum atomic E-state index is 0.225. The number of pyridine rings is 2. The minimum Gasteiger partial charge on any atom is -0.338 e. The van der Waals surface area contributed by atoms with Crippen molar-refractivity contribution < 1.29 is 4.79 Å². The Balaban J connectivity index is 1.42. The molecule has 0 radical (unpaired) electrons. The number of rotatable bonds is 5. The summed E-state index contributed by atoms with van der Waals surface area (Å²) < 4.78 is 0. The maximum Gasteiger partial charge on any atom is 0.222 e. The number of amides is 1. The Hall–Kier alpha value is -2.27. The quantitative estimate of drug-likeness (QED) is 0.800. The van der Waals surface area contributed by atoms with Crippen LogP contribution in [0.5, 0.6) is 0 Å². The lowest BCUT2D eigenvalue weighted by atomic mass is 9.73. The monoisotopic (exact) mass is 378 g/mol. The van der Waals surface area contributed by atoms with Crippen LogP contribution in [0.1, 0.15) is 49.4 Å². The van der Waals surface area contributed by atoms with Crippen LogP contribution in [0.2, 0.25) is 0 Å². The summed E-state index contributed by atoms with van der Waals surface area (Å²) >= 11 is 0.